The molecule has 2 nitrogen and oxygen atoms in total. The third-order valence-corrected chi connectivity index (χ3v) is 4.07. The number of nitrogens with one attached hydrogen (secondary N) is 1. The molecule has 0 saturated carbocycles. The fourth-order valence-electron chi connectivity index (χ4n) is 0.957. The van der Waals surface area contributed by atoms with E-state index in [2.05, 4.69) is 37.2 Å². The van der Waals surface area contributed by atoms with Gasteiger partial charge in [0.2, 0.25) is 0 Å². The zero-order chi connectivity index (χ0) is 10.4. The number of hydrogen-bond acceptors (Lipinski definition) is 2. The standard InChI is InChI=1S/C9H11Br2NOS/c10-4-1-2-5-12-9(13)8-7(11)3-6-14-8/h3,6H,1-2,4-5H2,(H,12,13). The summed E-state index contributed by atoms with van der Waals surface area (Å²) in [5.41, 5.74) is 0. The SMILES string of the molecule is O=C(NCCCCBr)c1sccc1Br. The summed E-state index contributed by atoms with van der Waals surface area (Å²) >= 11 is 8.13. The second-order valence-corrected chi connectivity index (χ2v) is 5.31. The van der Waals surface area contributed by atoms with Crippen LogP contribution in [0.5, 0.6) is 0 Å². The topological polar surface area (TPSA) is 29.1 Å². The molecule has 0 aliphatic heterocycles. The zero-order valence-corrected chi connectivity index (χ0v) is 11.5. The van der Waals surface area contributed by atoms with Gasteiger partial charge in [-0.3, -0.25) is 4.79 Å². The van der Waals surface area contributed by atoms with Crippen molar-refractivity contribution in [1.82, 2.24) is 5.32 Å². The first-order valence-corrected chi connectivity index (χ1v) is 7.12. The van der Waals surface area contributed by atoms with Crippen molar-refractivity contribution in [2.45, 2.75) is 12.8 Å². The van der Waals surface area contributed by atoms with Crippen LogP contribution in [0.1, 0.15) is 22.5 Å². The number of hydrogen-bond donors (Lipinski definition) is 1. The highest BCUT2D eigenvalue weighted by atomic mass is 79.9. The first-order valence-electron chi connectivity index (χ1n) is 4.33. The van der Waals surface area contributed by atoms with E-state index in [0.717, 1.165) is 34.1 Å². The van der Waals surface area contributed by atoms with Crippen LogP contribution >= 0.6 is 43.2 Å². The molecule has 0 fully saturated rings. The number of carbonyl (C=O) groups is 1. The number of amides is 1. The van der Waals surface area contributed by atoms with Gasteiger partial charge in [0.1, 0.15) is 4.88 Å². The first kappa shape index (κ1) is 12.2. The Balaban J connectivity index is 2.32. The lowest BCUT2D eigenvalue weighted by molar-refractivity contribution is 0.0956. The molecule has 14 heavy (non-hydrogen) atoms. The molecule has 0 bridgehead atoms. The van der Waals surface area contributed by atoms with Crippen molar-refractivity contribution in [3.63, 3.8) is 0 Å². The summed E-state index contributed by atoms with van der Waals surface area (Å²) in [4.78, 5) is 12.3. The Morgan fingerprint density at radius 3 is 2.86 bits per heavy atom. The summed E-state index contributed by atoms with van der Waals surface area (Å²) in [5, 5.41) is 5.77. The quantitative estimate of drug-likeness (QED) is 0.645. The molecule has 1 amide bonds. The molecule has 0 aliphatic rings. The Morgan fingerprint density at radius 2 is 2.29 bits per heavy atom. The lowest BCUT2D eigenvalue weighted by atomic mass is 10.3. The lowest BCUT2D eigenvalue weighted by Crippen LogP contribution is -2.23. The number of thiophene rings is 1. The predicted molar refractivity (Wildman–Crippen MR) is 67.4 cm³/mol. The van der Waals surface area contributed by atoms with Gasteiger partial charge in [0.15, 0.2) is 0 Å². The number of unbranched alkanes of at least 4 members (excludes halogenated alkanes) is 1. The monoisotopic (exact) mass is 339 g/mol. The average Bonchev–Trinajstić information content (AvgIpc) is 2.59. The van der Waals surface area contributed by atoms with Crippen LogP contribution in [0.4, 0.5) is 0 Å². The minimum atomic E-state index is 0.0152. The van der Waals surface area contributed by atoms with Crippen molar-refractivity contribution < 1.29 is 4.79 Å². The van der Waals surface area contributed by atoms with E-state index in [1.54, 1.807) is 0 Å². The Bertz CT molecular complexity index is 301. The molecule has 1 rings (SSSR count). The molecule has 0 spiro atoms. The second kappa shape index (κ2) is 6.58. The molecule has 1 aromatic heterocycles. The summed E-state index contributed by atoms with van der Waals surface area (Å²) in [6.07, 6.45) is 2.10. The molecule has 5 heteroatoms. The van der Waals surface area contributed by atoms with E-state index in [1.807, 2.05) is 11.4 Å². The Hall–Kier alpha value is 0.130. The van der Waals surface area contributed by atoms with Crippen LogP contribution in [0, 0.1) is 0 Å². The smallest absolute Gasteiger partial charge is 0.262 e. The second-order valence-electron chi connectivity index (χ2n) is 2.75. The minimum Gasteiger partial charge on any atom is -0.351 e. The Morgan fingerprint density at radius 1 is 1.50 bits per heavy atom. The fraction of sp³-hybridized carbons (Fsp3) is 0.444. The molecule has 78 valence electrons. The van der Waals surface area contributed by atoms with E-state index in [1.165, 1.54) is 11.3 Å². The largest absolute Gasteiger partial charge is 0.351 e. The van der Waals surface area contributed by atoms with Crippen LogP contribution in [0.15, 0.2) is 15.9 Å². The van der Waals surface area contributed by atoms with E-state index >= 15 is 0 Å². The van der Waals surface area contributed by atoms with E-state index < -0.39 is 0 Å². The van der Waals surface area contributed by atoms with Crippen molar-refractivity contribution in [2.75, 3.05) is 11.9 Å². The molecule has 0 radical (unpaired) electrons. The van der Waals surface area contributed by atoms with E-state index in [-0.39, 0.29) is 5.91 Å². The fourth-order valence-corrected chi connectivity index (χ4v) is 2.82. The zero-order valence-electron chi connectivity index (χ0n) is 7.56. The van der Waals surface area contributed by atoms with Crippen LogP contribution in [-0.2, 0) is 0 Å². The first-order chi connectivity index (χ1) is 6.75. The minimum absolute atomic E-state index is 0.0152. The lowest BCUT2D eigenvalue weighted by Gasteiger charge is -2.02. The van der Waals surface area contributed by atoms with Gasteiger partial charge in [-0.2, -0.15) is 0 Å². The molecule has 0 unspecified atom stereocenters. The van der Waals surface area contributed by atoms with Gasteiger partial charge in [0.25, 0.3) is 5.91 Å². The summed E-state index contributed by atoms with van der Waals surface area (Å²) in [6, 6.07) is 1.89. The maximum Gasteiger partial charge on any atom is 0.262 e. The summed E-state index contributed by atoms with van der Waals surface area (Å²) < 4.78 is 0.875. The number of carbonyl (C=O) groups excluding carboxylic acids is 1. The van der Waals surface area contributed by atoms with Crippen LogP contribution < -0.4 is 5.32 Å². The van der Waals surface area contributed by atoms with Crippen molar-refractivity contribution in [2.24, 2.45) is 0 Å². The maximum atomic E-state index is 11.5. The highest BCUT2D eigenvalue weighted by Crippen LogP contribution is 2.22. The van der Waals surface area contributed by atoms with Gasteiger partial charge in [-0.05, 0) is 40.2 Å². The van der Waals surface area contributed by atoms with Crippen LogP contribution in [0.3, 0.4) is 0 Å². The molecule has 0 aromatic carbocycles. The molecule has 0 atom stereocenters. The van der Waals surface area contributed by atoms with Gasteiger partial charge >= 0.3 is 0 Å². The van der Waals surface area contributed by atoms with Gasteiger partial charge in [-0.25, -0.2) is 0 Å². The van der Waals surface area contributed by atoms with Gasteiger partial charge in [-0.15, -0.1) is 11.3 Å². The third-order valence-electron chi connectivity index (χ3n) is 1.67. The third kappa shape index (κ3) is 3.71. The van der Waals surface area contributed by atoms with Crippen LogP contribution in [0.2, 0.25) is 0 Å². The highest BCUT2D eigenvalue weighted by molar-refractivity contribution is 9.10. The molecule has 1 aromatic rings. The summed E-state index contributed by atoms with van der Waals surface area (Å²) in [6.45, 7) is 0.745. The van der Waals surface area contributed by atoms with Crippen molar-refractivity contribution >= 4 is 49.1 Å². The van der Waals surface area contributed by atoms with Gasteiger partial charge < -0.3 is 5.32 Å². The van der Waals surface area contributed by atoms with Crippen LogP contribution in [0.25, 0.3) is 0 Å². The van der Waals surface area contributed by atoms with E-state index in [0.29, 0.717) is 0 Å². The number of rotatable bonds is 5. The summed E-state index contributed by atoms with van der Waals surface area (Å²) in [5.74, 6) is 0.0152. The normalized spacial score (nSPS) is 10.1. The van der Waals surface area contributed by atoms with Crippen LogP contribution in [-0.4, -0.2) is 17.8 Å². The maximum absolute atomic E-state index is 11.5. The molecule has 1 heterocycles. The van der Waals surface area contributed by atoms with Crippen molar-refractivity contribution in [3.8, 4) is 0 Å². The van der Waals surface area contributed by atoms with Gasteiger partial charge in [0.05, 0.1) is 0 Å². The number of halogens is 2. The van der Waals surface area contributed by atoms with E-state index in [9.17, 15) is 4.79 Å². The number of alkyl halides is 1. The van der Waals surface area contributed by atoms with Crippen molar-refractivity contribution in [3.05, 3.63) is 20.8 Å². The molecule has 0 aliphatic carbocycles. The Kier molecular flexibility index (Phi) is 5.74. The molecular weight excluding hydrogens is 330 g/mol. The van der Waals surface area contributed by atoms with Gasteiger partial charge in [0, 0.05) is 16.3 Å². The average molecular weight is 341 g/mol. The molecule has 0 saturated heterocycles. The van der Waals surface area contributed by atoms with E-state index in [4.69, 9.17) is 0 Å². The van der Waals surface area contributed by atoms with Crippen molar-refractivity contribution in [1.29, 1.82) is 0 Å². The predicted octanol–water partition coefficient (Wildman–Crippen LogP) is 3.42. The highest BCUT2D eigenvalue weighted by Gasteiger charge is 2.09. The van der Waals surface area contributed by atoms with Gasteiger partial charge in [-0.1, -0.05) is 15.9 Å². The Labute approximate surface area is 104 Å². The molecule has 1 N–H and O–H groups in total. The summed E-state index contributed by atoms with van der Waals surface area (Å²) in [7, 11) is 0. The molecular formula is C9H11Br2NOS.